The number of imidazole rings is 1. The number of nitrogens with zero attached hydrogens (tertiary/aromatic N) is 2. The maximum Gasteiger partial charge on any atom is 0.150 e. The van der Waals surface area contributed by atoms with Crippen LogP contribution in [-0.2, 0) is 0 Å². The number of aldehydes is 1. The van der Waals surface area contributed by atoms with Gasteiger partial charge in [0.25, 0.3) is 0 Å². The number of pyridine rings is 1. The van der Waals surface area contributed by atoms with Gasteiger partial charge in [-0.2, -0.15) is 0 Å². The van der Waals surface area contributed by atoms with Crippen molar-refractivity contribution in [3.8, 4) is 11.3 Å². The largest absolute Gasteiger partial charge is 0.304 e. The van der Waals surface area contributed by atoms with E-state index in [1.54, 1.807) is 24.3 Å². The number of hydrogen-bond acceptors (Lipinski definition) is 2. The summed E-state index contributed by atoms with van der Waals surface area (Å²) in [5, 5.41) is 0. The lowest BCUT2D eigenvalue weighted by Crippen LogP contribution is -1.89. The van der Waals surface area contributed by atoms with Crippen molar-refractivity contribution >= 4 is 11.9 Å². The standard InChI is InChI=1S/C15H11FN2O/c1-10-15(12-2-4-13(16)5-3-12)17-14-8-11(9-19)6-7-18(10)14/h2-9H,1H3. The number of rotatable bonds is 2. The average molecular weight is 254 g/mol. The van der Waals surface area contributed by atoms with Crippen LogP contribution in [0, 0.1) is 12.7 Å². The fraction of sp³-hybridized carbons (Fsp3) is 0.0667. The number of carbonyl (C=O) groups is 1. The van der Waals surface area contributed by atoms with Crippen molar-refractivity contribution in [3.63, 3.8) is 0 Å². The molecule has 2 heterocycles. The molecule has 0 saturated carbocycles. The highest BCUT2D eigenvalue weighted by Crippen LogP contribution is 2.24. The molecule has 0 spiro atoms. The minimum absolute atomic E-state index is 0.270. The molecule has 2 aromatic heterocycles. The van der Waals surface area contributed by atoms with Crippen LogP contribution in [-0.4, -0.2) is 15.7 Å². The van der Waals surface area contributed by atoms with Crippen LogP contribution in [0.5, 0.6) is 0 Å². The molecule has 0 aliphatic heterocycles. The summed E-state index contributed by atoms with van der Waals surface area (Å²) in [6.45, 7) is 1.94. The van der Waals surface area contributed by atoms with Crippen molar-refractivity contribution in [2.45, 2.75) is 6.92 Å². The van der Waals surface area contributed by atoms with Crippen LogP contribution in [0.25, 0.3) is 16.9 Å². The molecule has 0 amide bonds. The Bertz CT molecular complexity index is 760. The molecule has 0 atom stereocenters. The Kier molecular flexibility index (Phi) is 2.63. The third kappa shape index (κ3) is 1.91. The van der Waals surface area contributed by atoms with E-state index in [9.17, 15) is 9.18 Å². The molecule has 0 fully saturated rings. The van der Waals surface area contributed by atoms with Crippen molar-refractivity contribution in [3.05, 3.63) is 59.7 Å². The zero-order valence-corrected chi connectivity index (χ0v) is 10.3. The first kappa shape index (κ1) is 11.6. The number of halogens is 1. The second kappa shape index (κ2) is 4.31. The van der Waals surface area contributed by atoms with Gasteiger partial charge in [0.2, 0.25) is 0 Å². The number of aryl methyl sites for hydroxylation is 1. The Labute approximate surface area is 109 Å². The van der Waals surface area contributed by atoms with E-state index in [1.165, 1.54) is 12.1 Å². The maximum atomic E-state index is 12.9. The first-order valence-electron chi connectivity index (χ1n) is 5.89. The first-order valence-corrected chi connectivity index (χ1v) is 5.89. The van der Waals surface area contributed by atoms with Crippen molar-refractivity contribution in [1.29, 1.82) is 0 Å². The summed E-state index contributed by atoms with van der Waals surface area (Å²) >= 11 is 0. The summed E-state index contributed by atoms with van der Waals surface area (Å²) in [6, 6.07) is 9.69. The molecule has 19 heavy (non-hydrogen) atoms. The van der Waals surface area contributed by atoms with Crippen LogP contribution in [0.15, 0.2) is 42.6 Å². The minimum Gasteiger partial charge on any atom is -0.304 e. The van der Waals surface area contributed by atoms with Crippen LogP contribution in [0.2, 0.25) is 0 Å². The third-order valence-electron chi connectivity index (χ3n) is 3.14. The fourth-order valence-electron chi connectivity index (χ4n) is 2.14. The smallest absolute Gasteiger partial charge is 0.150 e. The Morgan fingerprint density at radius 1 is 1.21 bits per heavy atom. The average Bonchev–Trinajstić information content (AvgIpc) is 2.76. The SMILES string of the molecule is Cc1c(-c2ccc(F)cc2)nc2cc(C=O)ccn12. The van der Waals surface area contributed by atoms with E-state index in [0.29, 0.717) is 11.2 Å². The van der Waals surface area contributed by atoms with Crippen LogP contribution < -0.4 is 0 Å². The van der Waals surface area contributed by atoms with E-state index in [-0.39, 0.29) is 5.82 Å². The van der Waals surface area contributed by atoms with Crippen LogP contribution in [0.3, 0.4) is 0 Å². The fourth-order valence-corrected chi connectivity index (χ4v) is 2.14. The van der Waals surface area contributed by atoms with Crippen molar-refractivity contribution in [1.82, 2.24) is 9.38 Å². The van der Waals surface area contributed by atoms with Gasteiger partial charge in [-0.05, 0) is 43.3 Å². The van der Waals surface area contributed by atoms with Gasteiger partial charge in [-0.25, -0.2) is 9.37 Å². The Morgan fingerprint density at radius 3 is 2.63 bits per heavy atom. The molecular formula is C15H11FN2O. The van der Waals surface area contributed by atoms with Crippen LogP contribution in [0.1, 0.15) is 16.1 Å². The number of hydrogen-bond donors (Lipinski definition) is 0. The summed E-state index contributed by atoms with van der Waals surface area (Å²) in [5.41, 5.74) is 3.90. The molecule has 0 unspecified atom stereocenters. The predicted octanol–water partition coefficient (Wildman–Crippen LogP) is 3.26. The molecule has 0 bridgehead atoms. The maximum absolute atomic E-state index is 12.9. The number of fused-ring (bicyclic) bond motifs is 1. The Morgan fingerprint density at radius 2 is 1.95 bits per heavy atom. The molecule has 1 aromatic carbocycles. The molecule has 3 nitrogen and oxygen atoms in total. The number of aromatic nitrogens is 2. The van der Waals surface area contributed by atoms with Gasteiger partial charge in [0.15, 0.2) is 0 Å². The molecule has 4 heteroatoms. The second-order valence-corrected chi connectivity index (χ2v) is 4.36. The monoisotopic (exact) mass is 254 g/mol. The third-order valence-corrected chi connectivity index (χ3v) is 3.14. The Hall–Kier alpha value is -2.49. The molecule has 0 radical (unpaired) electrons. The summed E-state index contributed by atoms with van der Waals surface area (Å²) in [4.78, 5) is 15.3. The molecule has 0 N–H and O–H groups in total. The topological polar surface area (TPSA) is 34.4 Å². The zero-order chi connectivity index (χ0) is 13.4. The van der Waals surface area contributed by atoms with Gasteiger partial charge in [-0.1, -0.05) is 0 Å². The highest BCUT2D eigenvalue weighted by atomic mass is 19.1. The van der Waals surface area contributed by atoms with Gasteiger partial charge < -0.3 is 4.40 Å². The van der Waals surface area contributed by atoms with Crippen molar-refractivity contribution in [2.75, 3.05) is 0 Å². The van der Waals surface area contributed by atoms with Gasteiger partial charge in [-0.15, -0.1) is 0 Å². The van der Waals surface area contributed by atoms with E-state index in [1.807, 2.05) is 17.5 Å². The van der Waals surface area contributed by atoms with Gasteiger partial charge in [0, 0.05) is 23.0 Å². The van der Waals surface area contributed by atoms with Gasteiger partial charge in [0.05, 0.1) is 5.69 Å². The lowest BCUT2D eigenvalue weighted by atomic mass is 10.1. The Balaban J connectivity index is 2.21. The predicted molar refractivity (Wildman–Crippen MR) is 70.7 cm³/mol. The van der Waals surface area contributed by atoms with Crippen LogP contribution >= 0.6 is 0 Å². The molecule has 0 saturated heterocycles. The van der Waals surface area contributed by atoms with Gasteiger partial charge in [0.1, 0.15) is 17.8 Å². The van der Waals surface area contributed by atoms with Gasteiger partial charge in [-0.3, -0.25) is 4.79 Å². The molecule has 3 rings (SSSR count). The van der Waals surface area contributed by atoms with Crippen LogP contribution in [0.4, 0.5) is 4.39 Å². The molecule has 94 valence electrons. The summed E-state index contributed by atoms with van der Waals surface area (Å²) in [6.07, 6.45) is 2.61. The number of benzene rings is 1. The highest BCUT2D eigenvalue weighted by Gasteiger charge is 2.10. The van der Waals surface area contributed by atoms with E-state index in [2.05, 4.69) is 4.98 Å². The van der Waals surface area contributed by atoms with Crippen molar-refractivity contribution in [2.24, 2.45) is 0 Å². The lowest BCUT2D eigenvalue weighted by Gasteiger charge is -1.99. The zero-order valence-electron chi connectivity index (χ0n) is 10.3. The molecule has 0 aliphatic carbocycles. The lowest BCUT2D eigenvalue weighted by molar-refractivity contribution is 0.112. The molecule has 0 aliphatic rings. The van der Waals surface area contributed by atoms with E-state index >= 15 is 0 Å². The molecular weight excluding hydrogens is 243 g/mol. The first-order chi connectivity index (χ1) is 9.19. The number of carbonyl (C=O) groups excluding carboxylic acids is 1. The van der Waals surface area contributed by atoms with E-state index in [4.69, 9.17) is 0 Å². The summed E-state index contributed by atoms with van der Waals surface area (Å²) in [5.74, 6) is -0.270. The van der Waals surface area contributed by atoms with Gasteiger partial charge >= 0.3 is 0 Å². The van der Waals surface area contributed by atoms with E-state index < -0.39 is 0 Å². The normalized spacial score (nSPS) is 10.8. The molecule has 3 aromatic rings. The summed E-state index contributed by atoms with van der Waals surface area (Å²) in [7, 11) is 0. The summed E-state index contributed by atoms with van der Waals surface area (Å²) < 4.78 is 14.9. The second-order valence-electron chi connectivity index (χ2n) is 4.36. The quantitative estimate of drug-likeness (QED) is 0.658. The van der Waals surface area contributed by atoms with E-state index in [0.717, 1.165) is 23.2 Å². The van der Waals surface area contributed by atoms with Crippen molar-refractivity contribution < 1.29 is 9.18 Å². The minimum atomic E-state index is -0.270. The highest BCUT2D eigenvalue weighted by molar-refractivity contribution is 5.77.